The molecule has 0 aliphatic carbocycles. The second-order valence-corrected chi connectivity index (χ2v) is 5.55. The van der Waals surface area contributed by atoms with E-state index in [1.807, 2.05) is 61.5 Å². The molecule has 1 unspecified atom stereocenters. The molecule has 0 aliphatic rings. The van der Waals surface area contributed by atoms with Crippen molar-refractivity contribution >= 4 is 5.91 Å². The van der Waals surface area contributed by atoms with Crippen LogP contribution in [0.3, 0.4) is 0 Å². The topological polar surface area (TPSA) is 70.6 Å². The highest BCUT2D eigenvalue weighted by Crippen LogP contribution is 2.08. The summed E-state index contributed by atoms with van der Waals surface area (Å²) in [4.78, 5) is 12.0. The monoisotopic (exact) mass is 328 g/mol. The molecule has 1 atom stereocenters. The van der Waals surface area contributed by atoms with Gasteiger partial charge in [-0.25, -0.2) is 0 Å². The Labute approximate surface area is 142 Å². The third kappa shape index (κ3) is 6.02. The van der Waals surface area contributed by atoms with Crippen molar-refractivity contribution in [3.8, 4) is 5.75 Å². The number of rotatable bonds is 9. The van der Waals surface area contributed by atoms with Gasteiger partial charge in [0.2, 0.25) is 0 Å². The van der Waals surface area contributed by atoms with Gasteiger partial charge in [-0.2, -0.15) is 0 Å². The fourth-order valence-corrected chi connectivity index (χ4v) is 2.22. The van der Waals surface area contributed by atoms with Crippen molar-refractivity contribution in [3.05, 3.63) is 65.7 Å². The van der Waals surface area contributed by atoms with E-state index in [0.717, 1.165) is 11.3 Å². The number of amides is 1. The lowest BCUT2D eigenvalue weighted by atomic mass is 10.1. The number of aryl methyl sites for hydroxylation is 1. The number of hydrogen-bond donors (Lipinski definition) is 3. The van der Waals surface area contributed by atoms with Crippen molar-refractivity contribution in [2.75, 3.05) is 26.2 Å². The molecule has 0 aliphatic heterocycles. The summed E-state index contributed by atoms with van der Waals surface area (Å²) < 4.78 is 5.47. The quantitative estimate of drug-likeness (QED) is 0.614. The Morgan fingerprint density at radius 2 is 1.79 bits per heavy atom. The average Bonchev–Trinajstić information content (AvgIpc) is 2.61. The van der Waals surface area contributed by atoms with Crippen LogP contribution in [0, 0.1) is 6.92 Å². The SMILES string of the molecule is Cc1ccccc1C(=O)NCCNCC(O)COc1ccccc1. The van der Waals surface area contributed by atoms with E-state index in [1.165, 1.54) is 0 Å². The van der Waals surface area contributed by atoms with Gasteiger partial charge in [0.1, 0.15) is 18.5 Å². The zero-order chi connectivity index (χ0) is 17.2. The van der Waals surface area contributed by atoms with Gasteiger partial charge in [0.05, 0.1) is 0 Å². The van der Waals surface area contributed by atoms with Gasteiger partial charge in [-0.1, -0.05) is 36.4 Å². The molecule has 128 valence electrons. The van der Waals surface area contributed by atoms with Crippen molar-refractivity contribution in [3.63, 3.8) is 0 Å². The normalized spacial score (nSPS) is 11.8. The van der Waals surface area contributed by atoms with Crippen LogP contribution in [0.5, 0.6) is 5.75 Å². The van der Waals surface area contributed by atoms with E-state index in [9.17, 15) is 9.90 Å². The highest BCUT2D eigenvalue weighted by atomic mass is 16.5. The van der Waals surface area contributed by atoms with Crippen LogP contribution < -0.4 is 15.4 Å². The molecule has 5 nitrogen and oxygen atoms in total. The molecule has 24 heavy (non-hydrogen) atoms. The predicted octanol–water partition coefficient (Wildman–Crippen LogP) is 1.75. The van der Waals surface area contributed by atoms with Gasteiger partial charge in [-0.15, -0.1) is 0 Å². The lowest BCUT2D eigenvalue weighted by molar-refractivity contribution is 0.0949. The summed E-state index contributed by atoms with van der Waals surface area (Å²) in [7, 11) is 0. The van der Waals surface area contributed by atoms with E-state index in [-0.39, 0.29) is 12.5 Å². The molecule has 1 amide bonds. The summed E-state index contributed by atoms with van der Waals surface area (Å²) in [6.45, 7) is 3.63. The van der Waals surface area contributed by atoms with E-state index in [0.29, 0.717) is 25.2 Å². The molecule has 5 heteroatoms. The number of aliphatic hydroxyl groups is 1. The van der Waals surface area contributed by atoms with Crippen molar-refractivity contribution in [1.82, 2.24) is 10.6 Å². The largest absolute Gasteiger partial charge is 0.491 e. The minimum Gasteiger partial charge on any atom is -0.491 e. The first-order valence-electron chi connectivity index (χ1n) is 8.07. The molecule has 2 rings (SSSR count). The maximum atomic E-state index is 12.0. The van der Waals surface area contributed by atoms with Crippen LogP contribution in [0.4, 0.5) is 0 Å². The summed E-state index contributed by atoms with van der Waals surface area (Å²) in [6, 6.07) is 16.9. The number of benzene rings is 2. The highest BCUT2D eigenvalue weighted by molar-refractivity contribution is 5.95. The van der Waals surface area contributed by atoms with Gasteiger partial charge in [0.15, 0.2) is 0 Å². The summed E-state index contributed by atoms with van der Waals surface area (Å²) in [5, 5.41) is 15.8. The molecule has 0 spiro atoms. The summed E-state index contributed by atoms with van der Waals surface area (Å²) in [5.41, 5.74) is 1.64. The third-order valence-electron chi connectivity index (χ3n) is 3.54. The van der Waals surface area contributed by atoms with Gasteiger partial charge in [0.25, 0.3) is 5.91 Å². The Hall–Kier alpha value is -2.37. The summed E-state index contributed by atoms with van der Waals surface area (Å²) in [5.74, 6) is 0.657. The van der Waals surface area contributed by atoms with Crippen LogP contribution in [-0.2, 0) is 0 Å². The van der Waals surface area contributed by atoms with Gasteiger partial charge in [0, 0.05) is 25.2 Å². The van der Waals surface area contributed by atoms with Crippen molar-refractivity contribution < 1.29 is 14.6 Å². The molecule has 0 bridgehead atoms. The zero-order valence-electron chi connectivity index (χ0n) is 13.9. The predicted molar refractivity (Wildman–Crippen MR) is 94.3 cm³/mol. The molecular formula is C19H24N2O3. The van der Waals surface area contributed by atoms with Gasteiger partial charge in [-0.3, -0.25) is 4.79 Å². The maximum absolute atomic E-state index is 12.0. The lowest BCUT2D eigenvalue weighted by Gasteiger charge is -2.13. The van der Waals surface area contributed by atoms with Gasteiger partial charge in [-0.05, 0) is 30.7 Å². The number of nitrogens with one attached hydrogen (secondary N) is 2. The van der Waals surface area contributed by atoms with Crippen LogP contribution in [0.15, 0.2) is 54.6 Å². The molecule has 0 saturated carbocycles. The minimum absolute atomic E-state index is 0.0807. The number of aliphatic hydroxyl groups excluding tert-OH is 1. The first kappa shape index (κ1) is 18.0. The smallest absolute Gasteiger partial charge is 0.251 e. The second kappa shape index (κ2) is 9.70. The molecule has 3 N–H and O–H groups in total. The van der Waals surface area contributed by atoms with Crippen LogP contribution in [-0.4, -0.2) is 43.4 Å². The maximum Gasteiger partial charge on any atom is 0.251 e. The first-order chi connectivity index (χ1) is 11.7. The first-order valence-corrected chi connectivity index (χ1v) is 8.07. The summed E-state index contributed by atoms with van der Waals surface area (Å²) in [6.07, 6.45) is -0.600. The molecule has 0 aromatic heterocycles. The molecule has 0 heterocycles. The minimum atomic E-state index is -0.600. The fourth-order valence-electron chi connectivity index (χ4n) is 2.22. The highest BCUT2D eigenvalue weighted by Gasteiger charge is 2.07. The van der Waals surface area contributed by atoms with Crippen LogP contribution in [0.2, 0.25) is 0 Å². The average molecular weight is 328 g/mol. The molecule has 0 fully saturated rings. The molecule has 2 aromatic carbocycles. The Balaban J connectivity index is 1.58. The zero-order valence-corrected chi connectivity index (χ0v) is 13.9. The number of carbonyl (C=O) groups excluding carboxylic acids is 1. The van der Waals surface area contributed by atoms with E-state index >= 15 is 0 Å². The molecule has 0 radical (unpaired) electrons. The Kier molecular flexibility index (Phi) is 7.26. The van der Waals surface area contributed by atoms with Gasteiger partial charge < -0.3 is 20.5 Å². The van der Waals surface area contributed by atoms with Crippen molar-refractivity contribution in [2.45, 2.75) is 13.0 Å². The fraction of sp³-hybridized carbons (Fsp3) is 0.316. The van der Waals surface area contributed by atoms with Gasteiger partial charge >= 0.3 is 0 Å². The van der Waals surface area contributed by atoms with Crippen LogP contribution in [0.25, 0.3) is 0 Å². The van der Waals surface area contributed by atoms with Crippen molar-refractivity contribution in [2.24, 2.45) is 0 Å². The van der Waals surface area contributed by atoms with E-state index in [1.54, 1.807) is 0 Å². The van der Waals surface area contributed by atoms with Crippen LogP contribution in [0.1, 0.15) is 15.9 Å². The Morgan fingerprint density at radius 3 is 2.54 bits per heavy atom. The second-order valence-electron chi connectivity index (χ2n) is 5.55. The standard InChI is InChI=1S/C19H24N2O3/c1-15-7-5-6-10-18(15)19(23)21-12-11-20-13-16(22)14-24-17-8-3-2-4-9-17/h2-10,16,20,22H,11-14H2,1H3,(H,21,23). The lowest BCUT2D eigenvalue weighted by Crippen LogP contribution is -2.37. The van der Waals surface area contributed by atoms with E-state index < -0.39 is 6.10 Å². The van der Waals surface area contributed by atoms with E-state index in [2.05, 4.69) is 10.6 Å². The number of hydrogen-bond acceptors (Lipinski definition) is 4. The Morgan fingerprint density at radius 1 is 1.08 bits per heavy atom. The van der Waals surface area contributed by atoms with Crippen LogP contribution >= 0.6 is 0 Å². The van der Waals surface area contributed by atoms with E-state index in [4.69, 9.17) is 4.74 Å². The third-order valence-corrected chi connectivity index (χ3v) is 3.54. The Bertz CT molecular complexity index is 632. The molecular weight excluding hydrogens is 304 g/mol. The molecule has 0 saturated heterocycles. The molecule has 2 aromatic rings. The number of ether oxygens (including phenoxy) is 1. The van der Waals surface area contributed by atoms with Crippen molar-refractivity contribution in [1.29, 1.82) is 0 Å². The number of carbonyl (C=O) groups is 1. The summed E-state index contributed by atoms with van der Waals surface area (Å²) >= 11 is 0. The number of para-hydroxylation sites is 1.